The second kappa shape index (κ2) is 9.06. The van der Waals surface area contributed by atoms with Gasteiger partial charge in [-0.05, 0) is 63.1 Å². The van der Waals surface area contributed by atoms with Gasteiger partial charge in [-0.15, -0.1) is 11.8 Å². The maximum Gasteiger partial charge on any atom is 0.235 e. The van der Waals surface area contributed by atoms with Crippen molar-refractivity contribution in [2.24, 2.45) is 0 Å². The SMILES string of the molecule is Cc1cccc(SCC(=O)Nc2c(C#N)c3c(n2CC2CCCO2)CCCC3)c1. The number of fused-ring (bicyclic) bond motifs is 1. The summed E-state index contributed by atoms with van der Waals surface area (Å²) in [7, 11) is 0. The van der Waals surface area contributed by atoms with Gasteiger partial charge in [0.25, 0.3) is 0 Å². The Labute approximate surface area is 176 Å². The zero-order valence-corrected chi connectivity index (χ0v) is 17.7. The summed E-state index contributed by atoms with van der Waals surface area (Å²) in [6.45, 7) is 3.56. The first-order valence-corrected chi connectivity index (χ1v) is 11.4. The predicted octanol–water partition coefficient (Wildman–Crippen LogP) is 4.46. The van der Waals surface area contributed by atoms with E-state index < -0.39 is 0 Å². The van der Waals surface area contributed by atoms with Gasteiger partial charge in [-0.3, -0.25) is 4.79 Å². The van der Waals surface area contributed by atoms with Gasteiger partial charge in [0.1, 0.15) is 11.9 Å². The lowest BCUT2D eigenvalue weighted by molar-refractivity contribution is -0.113. The van der Waals surface area contributed by atoms with Crippen LogP contribution in [0.5, 0.6) is 0 Å². The molecule has 1 saturated heterocycles. The van der Waals surface area contributed by atoms with Gasteiger partial charge in [-0.25, -0.2) is 0 Å². The van der Waals surface area contributed by atoms with Crippen molar-refractivity contribution in [3.8, 4) is 6.07 Å². The first kappa shape index (κ1) is 20.1. The van der Waals surface area contributed by atoms with Crippen molar-refractivity contribution in [1.29, 1.82) is 5.26 Å². The van der Waals surface area contributed by atoms with Gasteiger partial charge < -0.3 is 14.6 Å². The Morgan fingerprint density at radius 3 is 2.97 bits per heavy atom. The third-order valence-corrected chi connectivity index (χ3v) is 6.71. The molecule has 1 aromatic carbocycles. The molecule has 1 aliphatic carbocycles. The maximum absolute atomic E-state index is 12.8. The summed E-state index contributed by atoms with van der Waals surface area (Å²) in [6.07, 6.45) is 6.38. The second-order valence-corrected chi connectivity index (χ2v) is 8.92. The highest BCUT2D eigenvalue weighted by Gasteiger charge is 2.28. The molecule has 5 nitrogen and oxygen atoms in total. The average Bonchev–Trinajstić information content (AvgIpc) is 3.34. The minimum absolute atomic E-state index is 0.0727. The van der Waals surface area contributed by atoms with Crippen LogP contribution in [0.3, 0.4) is 0 Å². The molecule has 0 bridgehead atoms. The number of aryl methyl sites for hydroxylation is 1. The largest absolute Gasteiger partial charge is 0.376 e. The third kappa shape index (κ3) is 4.52. The standard InChI is InChI=1S/C23H27N3O2S/c1-16-6-4-8-18(12-16)29-15-22(27)25-23-20(13-24)19-9-2-3-10-21(19)26(23)14-17-7-5-11-28-17/h4,6,8,12,17H,2-3,5,7,9-11,14-15H2,1H3,(H,25,27). The molecule has 2 aromatic rings. The molecule has 1 atom stereocenters. The number of nitriles is 1. The van der Waals surface area contributed by atoms with E-state index in [9.17, 15) is 10.1 Å². The second-order valence-electron chi connectivity index (χ2n) is 7.87. The molecule has 2 aliphatic rings. The molecule has 6 heteroatoms. The van der Waals surface area contributed by atoms with Crippen LogP contribution in [-0.4, -0.2) is 28.9 Å². The fourth-order valence-corrected chi connectivity index (χ4v) is 5.15. The van der Waals surface area contributed by atoms with E-state index in [1.807, 2.05) is 25.1 Å². The van der Waals surface area contributed by atoms with Crippen LogP contribution in [0.4, 0.5) is 5.82 Å². The first-order valence-electron chi connectivity index (χ1n) is 10.4. The van der Waals surface area contributed by atoms with E-state index in [1.54, 1.807) is 0 Å². The molecular weight excluding hydrogens is 382 g/mol. The van der Waals surface area contributed by atoms with Crippen LogP contribution in [-0.2, 0) is 28.9 Å². The fourth-order valence-electron chi connectivity index (χ4n) is 4.34. The topological polar surface area (TPSA) is 67.0 Å². The number of rotatable bonds is 6. The minimum Gasteiger partial charge on any atom is -0.376 e. The molecule has 1 amide bonds. The summed E-state index contributed by atoms with van der Waals surface area (Å²) in [5.74, 6) is 0.922. The van der Waals surface area contributed by atoms with Crippen LogP contribution in [0.1, 0.15) is 48.1 Å². The summed E-state index contributed by atoms with van der Waals surface area (Å²) in [6, 6.07) is 10.5. The van der Waals surface area contributed by atoms with Crippen LogP contribution in [0.15, 0.2) is 29.2 Å². The van der Waals surface area contributed by atoms with Crippen molar-refractivity contribution >= 4 is 23.5 Å². The van der Waals surface area contributed by atoms with E-state index in [-0.39, 0.29) is 12.0 Å². The van der Waals surface area contributed by atoms with Crippen molar-refractivity contribution in [1.82, 2.24) is 4.57 Å². The summed E-state index contributed by atoms with van der Waals surface area (Å²) >= 11 is 1.52. The number of nitrogens with zero attached hydrogens (tertiary/aromatic N) is 2. The van der Waals surface area contributed by atoms with Gasteiger partial charge in [-0.2, -0.15) is 5.26 Å². The molecular formula is C23H27N3O2S. The number of anilines is 1. The van der Waals surface area contributed by atoms with Crippen LogP contribution >= 0.6 is 11.8 Å². The van der Waals surface area contributed by atoms with Gasteiger partial charge in [0.2, 0.25) is 5.91 Å². The average molecular weight is 410 g/mol. The first-order chi connectivity index (χ1) is 14.2. The molecule has 4 rings (SSSR count). The van der Waals surface area contributed by atoms with E-state index in [0.717, 1.165) is 55.6 Å². The van der Waals surface area contributed by atoms with E-state index in [0.29, 0.717) is 23.7 Å². The number of hydrogen-bond acceptors (Lipinski definition) is 4. The van der Waals surface area contributed by atoms with Gasteiger partial charge in [0.05, 0.1) is 24.0 Å². The third-order valence-electron chi connectivity index (χ3n) is 5.71. The van der Waals surface area contributed by atoms with E-state index in [2.05, 4.69) is 22.0 Å². The number of aromatic nitrogens is 1. The molecule has 1 N–H and O–H groups in total. The molecule has 0 spiro atoms. The Morgan fingerprint density at radius 2 is 2.21 bits per heavy atom. The van der Waals surface area contributed by atoms with E-state index in [4.69, 9.17) is 4.74 Å². The number of nitrogens with one attached hydrogen (secondary N) is 1. The number of carbonyl (C=O) groups excluding carboxylic acids is 1. The summed E-state index contributed by atoms with van der Waals surface area (Å²) < 4.78 is 8.01. The van der Waals surface area contributed by atoms with Gasteiger partial charge >= 0.3 is 0 Å². The Morgan fingerprint density at radius 1 is 1.34 bits per heavy atom. The molecule has 29 heavy (non-hydrogen) atoms. The molecule has 1 fully saturated rings. The molecule has 152 valence electrons. The zero-order valence-electron chi connectivity index (χ0n) is 16.9. The Hall–Kier alpha value is -2.23. The van der Waals surface area contributed by atoms with Gasteiger partial charge in [-0.1, -0.05) is 17.7 Å². The highest BCUT2D eigenvalue weighted by molar-refractivity contribution is 8.00. The van der Waals surface area contributed by atoms with Crippen LogP contribution in [0.25, 0.3) is 0 Å². The lowest BCUT2D eigenvalue weighted by atomic mass is 9.95. The van der Waals surface area contributed by atoms with Gasteiger partial charge in [0.15, 0.2) is 0 Å². The number of ether oxygens (including phenoxy) is 1. The van der Waals surface area contributed by atoms with Crippen LogP contribution in [0, 0.1) is 18.3 Å². The molecule has 1 unspecified atom stereocenters. The highest BCUT2D eigenvalue weighted by atomic mass is 32.2. The van der Waals surface area contributed by atoms with Crippen molar-refractivity contribution in [2.75, 3.05) is 17.7 Å². The van der Waals surface area contributed by atoms with Crippen molar-refractivity contribution < 1.29 is 9.53 Å². The Bertz CT molecular complexity index is 938. The van der Waals surface area contributed by atoms with Gasteiger partial charge in [0, 0.05) is 17.2 Å². The summed E-state index contributed by atoms with van der Waals surface area (Å²) in [5, 5.41) is 12.9. The number of thioether (sulfide) groups is 1. The molecule has 0 saturated carbocycles. The lowest BCUT2D eigenvalue weighted by Gasteiger charge is -2.19. The number of hydrogen-bond donors (Lipinski definition) is 1. The summed E-state index contributed by atoms with van der Waals surface area (Å²) in [5.41, 5.74) is 4.16. The van der Waals surface area contributed by atoms with Crippen LogP contribution in [0.2, 0.25) is 0 Å². The van der Waals surface area contributed by atoms with Crippen molar-refractivity contribution in [2.45, 2.75) is 63.0 Å². The lowest BCUT2D eigenvalue weighted by Crippen LogP contribution is -2.23. The molecule has 1 aliphatic heterocycles. The molecule has 2 heterocycles. The Kier molecular flexibility index (Phi) is 6.27. The smallest absolute Gasteiger partial charge is 0.235 e. The minimum atomic E-state index is -0.0727. The van der Waals surface area contributed by atoms with E-state index in [1.165, 1.54) is 23.0 Å². The maximum atomic E-state index is 12.8. The highest BCUT2D eigenvalue weighted by Crippen LogP contribution is 2.34. The van der Waals surface area contributed by atoms with Crippen molar-refractivity contribution in [3.05, 3.63) is 46.6 Å². The van der Waals surface area contributed by atoms with E-state index >= 15 is 0 Å². The Balaban J connectivity index is 1.55. The van der Waals surface area contributed by atoms with Crippen LogP contribution < -0.4 is 5.32 Å². The zero-order chi connectivity index (χ0) is 20.2. The number of benzene rings is 1. The monoisotopic (exact) mass is 409 g/mol. The van der Waals surface area contributed by atoms with Crippen molar-refractivity contribution in [3.63, 3.8) is 0 Å². The fraction of sp³-hybridized carbons (Fsp3) is 0.478. The normalized spacial score (nSPS) is 18.3. The number of amides is 1. The predicted molar refractivity (Wildman–Crippen MR) is 115 cm³/mol. The number of carbonyl (C=O) groups is 1. The molecule has 1 aromatic heterocycles. The summed E-state index contributed by atoms with van der Waals surface area (Å²) in [4.78, 5) is 13.8. The molecule has 0 radical (unpaired) electrons. The quantitative estimate of drug-likeness (QED) is 0.716.